The van der Waals surface area contributed by atoms with E-state index < -0.39 is 0 Å². The van der Waals surface area contributed by atoms with Crippen LogP contribution in [0.15, 0.2) is 30.3 Å². The van der Waals surface area contributed by atoms with Crippen molar-refractivity contribution in [2.45, 2.75) is 56.7 Å². The van der Waals surface area contributed by atoms with Gasteiger partial charge in [0.2, 0.25) is 0 Å². The molecule has 3 rings (SSSR count). The third-order valence-electron chi connectivity index (χ3n) is 4.32. The third-order valence-corrected chi connectivity index (χ3v) is 4.32. The minimum Gasteiger partial charge on any atom is -0.366 e. The molecule has 1 aromatic carbocycles. The molecule has 96 valence electrons. The Labute approximate surface area is 108 Å². The Morgan fingerprint density at radius 1 is 1.28 bits per heavy atom. The molecule has 0 radical (unpaired) electrons. The molecule has 2 atom stereocenters. The zero-order valence-corrected chi connectivity index (χ0v) is 10.7. The number of benzene rings is 1. The Hall–Kier alpha value is -1.15. The van der Waals surface area contributed by atoms with E-state index in [1.807, 2.05) is 30.3 Å². The van der Waals surface area contributed by atoms with E-state index in [-0.39, 0.29) is 11.4 Å². The Morgan fingerprint density at radius 2 is 2.11 bits per heavy atom. The van der Waals surface area contributed by atoms with Gasteiger partial charge in [0.25, 0.3) is 0 Å². The molecular weight excluding hydrogens is 224 g/mol. The second-order valence-corrected chi connectivity index (χ2v) is 5.56. The Balaban J connectivity index is 1.47. The van der Waals surface area contributed by atoms with Crippen LogP contribution in [0.5, 0.6) is 0 Å². The molecule has 18 heavy (non-hydrogen) atoms. The van der Waals surface area contributed by atoms with Gasteiger partial charge in [-0.05, 0) is 25.7 Å². The number of ketones is 1. The predicted octanol–water partition coefficient (Wildman–Crippen LogP) is 3.75. The summed E-state index contributed by atoms with van der Waals surface area (Å²) >= 11 is 0. The van der Waals surface area contributed by atoms with E-state index in [0.717, 1.165) is 18.4 Å². The summed E-state index contributed by atoms with van der Waals surface area (Å²) in [6.45, 7) is 0. The average Bonchev–Trinajstić information content (AvgIpc) is 3.14. The van der Waals surface area contributed by atoms with Crippen LogP contribution >= 0.6 is 0 Å². The van der Waals surface area contributed by atoms with Crippen molar-refractivity contribution >= 4 is 5.78 Å². The number of ether oxygens (including phenoxy) is 1. The van der Waals surface area contributed by atoms with Crippen molar-refractivity contribution in [1.82, 2.24) is 0 Å². The number of epoxide rings is 1. The van der Waals surface area contributed by atoms with Gasteiger partial charge in [0.05, 0.1) is 11.7 Å². The molecule has 0 bridgehead atoms. The highest BCUT2D eigenvalue weighted by atomic mass is 16.6. The van der Waals surface area contributed by atoms with E-state index in [4.69, 9.17) is 4.74 Å². The first-order valence-electron chi connectivity index (χ1n) is 7.06. The normalized spacial score (nSPS) is 29.7. The highest BCUT2D eigenvalue weighted by Crippen LogP contribution is 2.50. The SMILES string of the molecule is O=C(CCC[C@@]12CCCC[C@@H]1O2)c1ccccc1. The van der Waals surface area contributed by atoms with Gasteiger partial charge >= 0.3 is 0 Å². The van der Waals surface area contributed by atoms with E-state index in [2.05, 4.69) is 0 Å². The molecule has 0 spiro atoms. The molecule has 1 aromatic rings. The maximum absolute atomic E-state index is 12.0. The van der Waals surface area contributed by atoms with Gasteiger partial charge in [-0.15, -0.1) is 0 Å². The zero-order chi connectivity index (χ0) is 12.4. The molecule has 1 heterocycles. The largest absolute Gasteiger partial charge is 0.366 e. The number of carbonyl (C=O) groups excluding carboxylic acids is 1. The predicted molar refractivity (Wildman–Crippen MR) is 70.7 cm³/mol. The van der Waals surface area contributed by atoms with Crippen LogP contribution in [0, 0.1) is 0 Å². The van der Waals surface area contributed by atoms with Crippen LogP contribution in [0.25, 0.3) is 0 Å². The maximum atomic E-state index is 12.0. The lowest BCUT2D eigenvalue weighted by Gasteiger charge is -2.16. The van der Waals surface area contributed by atoms with E-state index in [1.165, 1.54) is 25.7 Å². The van der Waals surface area contributed by atoms with Crippen molar-refractivity contribution < 1.29 is 9.53 Å². The molecule has 0 amide bonds. The van der Waals surface area contributed by atoms with Gasteiger partial charge in [-0.25, -0.2) is 0 Å². The van der Waals surface area contributed by atoms with Gasteiger partial charge in [-0.1, -0.05) is 43.2 Å². The number of Topliss-reactive ketones (excluding diaryl/α,β-unsaturated/α-hetero) is 1. The first-order chi connectivity index (χ1) is 8.80. The van der Waals surface area contributed by atoms with E-state index >= 15 is 0 Å². The van der Waals surface area contributed by atoms with Crippen LogP contribution in [0.4, 0.5) is 0 Å². The quantitative estimate of drug-likeness (QED) is 0.583. The Morgan fingerprint density at radius 3 is 2.89 bits per heavy atom. The zero-order valence-electron chi connectivity index (χ0n) is 10.7. The Bertz CT molecular complexity index is 426. The summed E-state index contributed by atoms with van der Waals surface area (Å²) in [6, 6.07) is 9.59. The summed E-state index contributed by atoms with van der Waals surface area (Å²) in [5, 5.41) is 0. The first-order valence-corrected chi connectivity index (χ1v) is 7.06. The molecule has 0 N–H and O–H groups in total. The minimum absolute atomic E-state index is 0.176. The highest BCUT2D eigenvalue weighted by molar-refractivity contribution is 5.95. The van der Waals surface area contributed by atoms with Crippen LogP contribution in [-0.4, -0.2) is 17.5 Å². The van der Waals surface area contributed by atoms with Crippen LogP contribution in [0.1, 0.15) is 55.3 Å². The van der Waals surface area contributed by atoms with Gasteiger partial charge in [-0.2, -0.15) is 0 Å². The number of hydrogen-bond donors (Lipinski definition) is 0. The van der Waals surface area contributed by atoms with Gasteiger partial charge in [-0.3, -0.25) is 4.79 Å². The van der Waals surface area contributed by atoms with Gasteiger partial charge in [0.15, 0.2) is 5.78 Å². The first kappa shape index (κ1) is 11.9. The number of rotatable bonds is 5. The van der Waals surface area contributed by atoms with Crippen molar-refractivity contribution in [1.29, 1.82) is 0 Å². The molecule has 2 fully saturated rings. The van der Waals surface area contributed by atoms with Gasteiger partial charge in [0.1, 0.15) is 0 Å². The topological polar surface area (TPSA) is 29.6 Å². The molecule has 1 saturated carbocycles. The van der Waals surface area contributed by atoms with Crippen LogP contribution < -0.4 is 0 Å². The second-order valence-electron chi connectivity index (χ2n) is 5.56. The van der Waals surface area contributed by atoms with Crippen molar-refractivity contribution in [3.8, 4) is 0 Å². The molecular formula is C16H20O2. The third kappa shape index (κ3) is 2.35. The smallest absolute Gasteiger partial charge is 0.162 e. The van der Waals surface area contributed by atoms with Crippen LogP contribution in [0.3, 0.4) is 0 Å². The van der Waals surface area contributed by atoms with Crippen molar-refractivity contribution in [2.24, 2.45) is 0 Å². The van der Waals surface area contributed by atoms with Crippen LogP contribution in [0.2, 0.25) is 0 Å². The highest BCUT2D eigenvalue weighted by Gasteiger charge is 2.56. The Kier molecular flexibility index (Phi) is 3.21. The summed E-state index contributed by atoms with van der Waals surface area (Å²) in [7, 11) is 0. The summed E-state index contributed by atoms with van der Waals surface area (Å²) in [6.07, 6.45) is 8.24. The number of fused-ring (bicyclic) bond motifs is 1. The fraction of sp³-hybridized carbons (Fsp3) is 0.562. The fourth-order valence-electron chi connectivity index (χ4n) is 3.21. The second kappa shape index (κ2) is 4.85. The summed E-state index contributed by atoms with van der Waals surface area (Å²) in [5.41, 5.74) is 1.02. The van der Waals surface area contributed by atoms with E-state index in [0.29, 0.717) is 12.5 Å². The number of carbonyl (C=O) groups is 1. The molecule has 1 saturated heterocycles. The molecule has 2 heteroatoms. The molecule has 2 nitrogen and oxygen atoms in total. The molecule has 1 aliphatic heterocycles. The molecule has 2 aliphatic rings. The van der Waals surface area contributed by atoms with Crippen molar-refractivity contribution in [2.75, 3.05) is 0 Å². The lowest BCUT2D eigenvalue weighted by atomic mass is 9.85. The summed E-state index contributed by atoms with van der Waals surface area (Å²) < 4.78 is 5.84. The summed E-state index contributed by atoms with van der Waals surface area (Å²) in [4.78, 5) is 12.0. The minimum atomic E-state index is 0.176. The average molecular weight is 244 g/mol. The van der Waals surface area contributed by atoms with Crippen LogP contribution in [-0.2, 0) is 4.74 Å². The lowest BCUT2D eigenvalue weighted by molar-refractivity contribution is 0.0976. The lowest BCUT2D eigenvalue weighted by Crippen LogP contribution is -2.19. The van der Waals surface area contributed by atoms with E-state index in [9.17, 15) is 4.79 Å². The van der Waals surface area contributed by atoms with Crippen molar-refractivity contribution in [3.63, 3.8) is 0 Å². The molecule has 0 unspecified atom stereocenters. The number of hydrogen-bond acceptors (Lipinski definition) is 2. The standard InChI is InChI=1S/C16H20O2/c17-14(13-7-2-1-3-8-13)9-6-12-16-11-5-4-10-15(16)18-16/h1-3,7-8,15H,4-6,9-12H2/t15-,16-/m0/s1. The molecule has 0 aromatic heterocycles. The summed E-state index contributed by atoms with van der Waals surface area (Å²) in [5.74, 6) is 0.264. The molecule has 1 aliphatic carbocycles. The van der Waals surface area contributed by atoms with Crippen molar-refractivity contribution in [3.05, 3.63) is 35.9 Å². The maximum Gasteiger partial charge on any atom is 0.162 e. The van der Waals surface area contributed by atoms with E-state index in [1.54, 1.807) is 0 Å². The van der Waals surface area contributed by atoms with Gasteiger partial charge < -0.3 is 4.74 Å². The monoisotopic (exact) mass is 244 g/mol. The van der Waals surface area contributed by atoms with Gasteiger partial charge in [0, 0.05) is 12.0 Å². The fourth-order valence-corrected chi connectivity index (χ4v) is 3.21.